The van der Waals surface area contributed by atoms with Crippen LogP contribution in [0.15, 0.2) is 29.8 Å². The zero-order valence-electron chi connectivity index (χ0n) is 10.9. The van der Waals surface area contributed by atoms with Gasteiger partial charge in [-0.3, -0.25) is 9.78 Å². The second-order valence-electron chi connectivity index (χ2n) is 4.23. The van der Waals surface area contributed by atoms with Gasteiger partial charge in [-0.1, -0.05) is 6.07 Å². The van der Waals surface area contributed by atoms with Gasteiger partial charge >= 0.3 is 6.18 Å². The summed E-state index contributed by atoms with van der Waals surface area (Å²) in [5, 5.41) is 4.80. The van der Waals surface area contributed by atoms with E-state index in [1.54, 1.807) is 12.3 Å². The molecule has 1 amide bonds. The topological polar surface area (TPSA) is 54.9 Å². The van der Waals surface area contributed by atoms with Crippen molar-refractivity contribution in [3.05, 3.63) is 34.8 Å². The van der Waals surface area contributed by atoms with E-state index in [0.717, 1.165) is 16.4 Å². The van der Waals surface area contributed by atoms with Gasteiger partial charge in [-0.15, -0.1) is 11.3 Å². The van der Waals surface area contributed by atoms with Crippen LogP contribution in [0.5, 0.6) is 0 Å². The molecule has 2 rings (SSSR count). The van der Waals surface area contributed by atoms with E-state index in [9.17, 15) is 18.0 Å². The van der Waals surface area contributed by atoms with Gasteiger partial charge in [-0.25, -0.2) is 4.98 Å². The highest BCUT2D eigenvalue weighted by Gasteiger charge is 2.30. The molecule has 0 unspecified atom stereocenters. The van der Waals surface area contributed by atoms with E-state index >= 15 is 0 Å². The minimum atomic E-state index is -4.47. The van der Waals surface area contributed by atoms with E-state index in [4.69, 9.17) is 0 Å². The fraction of sp³-hybridized carbons (Fsp3) is 0.308. The first-order valence-electron chi connectivity index (χ1n) is 6.13. The van der Waals surface area contributed by atoms with Crippen LogP contribution in [0.25, 0.3) is 11.4 Å². The smallest absolute Gasteiger partial charge is 0.355 e. The summed E-state index contributed by atoms with van der Waals surface area (Å²) in [4.78, 5) is 19.5. The molecule has 1 N–H and O–H groups in total. The van der Waals surface area contributed by atoms with Gasteiger partial charge in [0.2, 0.25) is 5.91 Å². The number of thiazole rings is 1. The molecule has 0 saturated carbocycles. The summed E-state index contributed by atoms with van der Waals surface area (Å²) in [5.74, 6) is -1.02. The Balaban J connectivity index is 1.83. The first kappa shape index (κ1) is 15.4. The summed E-state index contributed by atoms with van der Waals surface area (Å²) in [6, 6.07) is 5.47. The number of nitrogens with one attached hydrogen (secondary N) is 1. The Morgan fingerprint density at radius 3 is 2.76 bits per heavy atom. The summed E-state index contributed by atoms with van der Waals surface area (Å²) in [6.07, 6.45) is -3.88. The van der Waals surface area contributed by atoms with Crippen LogP contribution in [0.3, 0.4) is 0 Å². The monoisotopic (exact) mass is 315 g/mol. The molecule has 0 spiro atoms. The first-order chi connectivity index (χ1) is 9.94. The Morgan fingerprint density at radius 1 is 1.29 bits per heavy atom. The third kappa shape index (κ3) is 5.14. The van der Waals surface area contributed by atoms with Crippen molar-refractivity contribution in [1.82, 2.24) is 15.3 Å². The molecule has 0 radical (unpaired) electrons. The Bertz CT molecular complexity index is 598. The van der Waals surface area contributed by atoms with Crippen molar-refractivity contribution >= 4 is 17.2 Å². The molecule has 0 aliphatic carbocycles. The average molecular weight is 315 g/mol. The number of aromatic nitrogens is 2. The van der Waals surface area contributed by atoms with Gasteiger partial charge in [0.05, 0.1) is 16.4 Å². The van der Waals surface area contributed by atoms with Gasteiger partial charge in [-0.05, 0) is 12.1 Å². The largest absolute Gasteiger partial charge is 0.397 e. The van der Waals surface area contributed by atoms with Gasteiger partial charge in [0, 0.05) is 24.5 Å². The summed E-state index contributed by atoms with van der Waals surface area (Å²) >= 11 is 1.38. The van der Waals surface area contributed by atoms with Crippen molar-refractivity contribution in [2.24, 2.45) is 0 Å². The fourth-order valence-electron chi connectivity index (χ4n) is 1.61. The van der Waals surface area contributed by atoms with Crippen LogP contribution in [-0.2, 0) is 11.2 Å². The molecule has 4 nitrogen and oxygen atoms in total. The molecule has 21 heavy (non-hydrogen) atoms. The van der Waals surface area contributed by atoms with Crippen molar-refractivity contribution in [2.45, 2.75) is 19.0 Å². The van der Waals surface area contributed by atoms with E-state index in [2.05, 4.69) is 15.3 Å². The third-order valence-corrected chi connectivity index (χ3v) is 3.41. The van der Waals surface area contributed by atoms with Gasteiger partial charge < -0.3 is 5.32 Å². The number of pyridine rings is 1. The van der Waals surface area contributed by atoms with Crippen LogP contribution in [0.1, 0.15) is 11.4 Å². The Kier molecular flexibility index (Phi) is 4.89. The van der Waals surface area contributed by atoms with Crippen molar-refractivity contribution in [3.63, 3.8) is 0 Å². The highest BCUT2D eigenvalue weighted by Crippen LogP contribution is 2.20. The second-order valence-corrected chi connectivity index (χ2v) is 5.18. The molecule has 2 heterocycles. The number of carbonyl (C=O) groups excluding carboxylic acids is 1. The van der Waals surface area contributed by atoms with Crippen molar-refractivity contribution < 1.29 is 18.0 Å². The number of alkyl halides is 3. The highest BCUT2D eigenvalue weighted by atomic mass is 32.1. The van der Waals surface area contributed by atoms with E-state index in [-0.39, 0.29) is 6.54 Å². The van der Waals surface area contributed by atoms with Gasteiger partial charge in [-0.2, -0.15) is 13.2 Å². The number of amides is 1. The number of carbonyl (C=O) groups is 1. The predicted molar refractivity (Wildman–Crippen MR) is 72.7 cm³/mol. The van der Waals surface area contributed by atoms with Gasteiger partial charge in [0.25, 0.3) is 0 Å². The lowest BCUT2D eigenvalue weighted by Crippen LogP contribution is -2.30. The molecule has 0 aromatic carbocycles. The average Bonchev–Trinajstić information content (AvgIpc) is 2.86. The lowest BCUT2D eigenvalue weighted by molar-refractivity contribution is -0.153. The number of hydrogen-bond acceptors (Lipinski definition) is 4. The lowest BCUT2D eigenvalue weighted by atomic mass is 10.3. The van der Waals surface area contributed by atoms with Crippen LogP contribution >= 0.6 is 11.3 Å². The maximum Gasteiger partial charge on any atom is 0.397 e. The molecule has 2 aromatic heterocycles. The van der Waals surface area contributed by atoms with Crippen LogP contribution < -0.4 is 5.32 Å². The predicted octanol–water partition coefficient (Wildman–Crippen LogP) is 2.82. The molecule has 0 atom stereocenters. The summed E-state index contributed by atoms with van der Waals surface area (Å²) < 4.78 is 35.9. The third-order valence-electron chi connectivity index (χ3n) is 2.50. The molecule has 0 fully saturated rings. The SMILES string of the molecule is O=C(CC(F)(F)F)NCCc1nc(-c2ccccn2)cs1. The minimum Gasteiger partial charge on any atom is -0.355 e. The number of halogens is 3. The molecule has 112 valence electrons. The Morgan fingerprint density at radius 2 is 2.10 bits per heavy atom. The minimum absolute atomic E-state index is 0.129. The van der Waals surface area contributed by atoms with E-state index in [1.165, 1.54) is 11.3 Å². The normalized spacial score (nSPS) is 11.4. The molecule has 2 aromatic rings. The van der Waals surface area contributed by atoms with Crippen LogP contribution in [0.4, 0.5) is 13.2 Å². The van der Waals surface area contributed by atoms with Gasteiger partial charge in [0.1, 0.15) is 6.42 Å². The molecule has 0 bridgehead atoms. The number of rotatable bonds is 5. The molecule has 0 aliphatic rings. The number of hydrogen-bond donors (Lipinski definition) is 1. The Hall–Kier alpha value is -1.96. The van der Waals surface area contributed by atoms with Crippen molar-refractivity contribution in [2.75, 3.05) is 6.54 Å². The Labute approximate surface area is 123 Å². The van der Waals surface area contributed by atoms with Gasteiger partial charge in [0.15, 0.2) is 0 Å². The quantitative estimate of drug-likeness (QED) is 0.923. The maximum atomic E-state index is 12.0. The van der Waals surface area contributed by atoms with E-state index in [1.807, 2.05) is 17.5 Å². The first-order valence-corrected chi connectivity index (χ1v) is 7.01. The van der Waals surface area contributed by atoms with Crippen LogP contribution in [0, 0.1) is 0 Å². The van der Waals surface area contributed by atoms with E-state index < -0.39 is 18.5 Å². The molecule has 8 heteroatoms. The standard InChI is InChI=1S/C13H12F3N3OS/c14-13(15,16)7-11(20)18-6-4-12-19-10(8-21-12)9-3-1-2-5-17-9/h1-3,5,8H,4,6-7H2,(H,18,20). The molecular weight excluding hydrogens is 303 g/mol. The fourth-order valence-corrected chi connectivity index (χ4v) is 2.40. The van der Waals surface area contributed by atoms with Crippen LogP contribution in [0.2, 0.25) is 0 Å². The second kappa shape index (κ2) is 6.66. The zero-order valence-corrected chi connectivity index (χ0v) is 11.7. The summed E-state index contributed by atoms with van der Waals surface area (Å²) in [7, 11) is 0. The van der Waals surface area contributed by atoms with Crippen molar-refractivity contribution in [3.8, 4) is 11.4 Å². The highest BCUT2D eigenvalue weighted by molar-refractivity contribution is 7.09. The van der Waals surface area contributed by atoms with E-state index in [0.29, 0.717) is 6.42 Å². The molecule has 0 aliphatic heterocycles. The summed E-state index contributed by atoms with van der Waals surface area (Å²) in [6.45, 7) is 0.129. The lowest BCUT2D eigenvalue weighted by Gasteiger charge is -2.06. The summed E-state index contributed by atoms with van der Waals surface area (Å²) in [5.41, 5.74) is 1.46. The zero-order chi connectivity index (χ0) is 15.3. The number of nitrogens with zero attached hydrogens (tertiary/aromatic N) is 2. The van der Waals surface area contributed by atoms with Crippen LogP contribution in [-0.4, -0.2) is 28.6 Å². The maximum absolute atomic E-state index is 12.0. The van der Waals surface area contributed by atoms with Crippen molar-refractivity contribution in [1.29, 1.82) is 0 Å². The molecule has 0 saturated heterocycles. The molecular formula is C13H12F3N3OS.